The normalized spacial score (nSPS) is 12.6. The summed E-state index contributed by atoms with van der Waals surface area (Å²) in [5.74, 6) is -0.734. The van der Waals surface area contributed by atoms with Crippen LogP contribution < -0.4 is 10.6 Å². The smallest absolute Gasteiger partial charge is 0.408 e. The van der Waals surface area contributed by atoms with Crippen LogP contribution in [0.4, 0.5) is 10.5 Å². The van der Waals surface area contributed by atoms with Gasteiger partial charge in [-0.25, -0.2) is 4.79 Å². The zero-order chi connectivity index (χ0) is 34.6. The molecule has 47 heavy (non-hydrogen) atoms. The first kappa shape index (κ1) is 37.6. The van der Waals surface area contributed by atoms with Crippen LogP contribution in [-0.4, -0.2) is 41.0 Å². The molecular formula is C39H52ClN3O4. The van der Waals surface area contributed by atoms with Gasteiger partial charge in [-0.1, -0.05) is 111 Å². The Morgan fingerprint density at radius 3 is 2.15 bits per heavy atom. The fourth-order valence-electron chi connectivity index (χ4n) is 5.52. The highest BCUT2D eigenvalue weighted by molar-refractivity contribution is 6.34. The summed E-state index contributed by atoms with van der Waals surface area (Å²) in [5, 5.41) is 6.31. The van der Waals surface area contributed by atoms with Crippen molar-refractivity contribution in [1.82, 2.24) is 10.2 Å². The predicted octanol–water partition coefficient (Wildman–Crippen LogP) is 9.27. The van der Waals surface area contributed by atoms with Crippen LogP contribution >= 0.6 is 11.6 Å². The van der Waals surface area contributed by atoms with Crippen molar-refractivity contribution in [3.05, 3.63) is 99.6 Å². The van der Waals surface area contributed by atoms with Gasteiger partial charge in [0.25, 0.3) is 5.91 Å². The molecule has 3 aromatic rings. The lowest BCUT2D eigenvalue weighted by molar-refractivity contribution is -0.140. The summed E-state index contributed by atoms with van der Waals surface area (Å²) in [6.07, 6.45) is 5.62. The van der Waals surface area contributed by atoms with Crippen LogP contribution in [-0.2, 0) is 20.7 Å². The fraction of sp³-hybridized carbons (Fsp3) is 0.462. The number of halogens is 1. The van der Waals surface area contributed by atoms with E-state index < -0.39 is 23.8 Å². The van der Waals surface area contributed by atoms with Gasteiger partial charge >= 0.3 is 6.09 Å². The van der Waals surface area contributed by atoms with Gasteiger partial charge in [0.1, 0.15) is 17.7 Å². The summed E-state index contributed by atoms with van der Waals surface area (Å²) < 4.78 is 5.58. The molecule has 0 aromatic heterocycles. The first-order valence-corrected chi connectivity index (χ1v) is 17.2. The molecule has 0 radical (unpaired) electrons. The molecule has 0 spiro atoms. The van der Waals surface area contributed by atoms with Gasteiger partial charge in [0.2, 0.25) is 5.91 Å². The second kappa shape index (κ2) is 17.9. The number of para-hydroxylation sites is 1. The molecule has 3 aromatic carbocycles. The highest BCUT2D eigenvalue weighted by Gasteiger charge is 2.36. The summed E-state index contributed by atoms with van der Waals surface area (Å²) >= 11 is 6.55. The number of aryl methyl sites for hydroxylation is 3. The third kappa shape index (κ3) is 11.7. The number of rotatable bonds is 15. The minimum absolute atomic E-state index is 0.233. The average Bonchev–Trinajstić information content (AvgIpc) is 3.00. The van der Waals surface area contributed by atoms with Crippen molar-refractivity contribution in [3.8, 4) is 0 Å². The predicted molar refractivity (Wildman–Crippen MR) is 192 cm³/mol. The Labute approximate surface area is 286 Å². The van der Waals surface area contributed by atoms with Crippen molar-refractivity contribution in [2.75, 3.05) is 11.9 Å². The monoisotopic (exact) mass is 661 g/mol. The minimum Gasteiger partial charge on any atom is -0.444 e. The fourth-order valence-corrected chi connectivity index (χ4v) is 5.79. The molecule has 0 bridgehead atoms. The van der Waals surface area contributed by atoms with E-state index in [9.17, 15) is 14.4 Å². The number of carbonyl (C=O) groups excluding carboxylic acids is 3. The van der Waals surface area contributed by atoms with Gasteiger partial charge in [0.05, 0.1) is 10.7 Å². The van der Waals surface area contributed by atoms with Crippen molar-refractivity contribution < 1.29 is 19.1 Å². The molecule has 0 fully saturated rings. The Morgan fingerprint density at radius 1 is 0.830 bits per heavy atom. The molecule has 254 valence electrons. The largest absolute Gasteiger partial charge is 0.444 e. The Morgan fingerprint density at radius 2 is 1.51 bits per heavy atom. The number of alkyl carbamates (subject to hydrolysis) is 1. The van der Waals surface area contributed by atoms with Crippen LogP contribution in [0, 0.1) is 20.8 Å². The van der Waals surface area contributed by atoms with Crippen molar-refractivity contribution in [2.45, 2.75) is 111 Å². The first-order valence-electron chi connectivity index (χ1n) is 16.8. The van der Waals surface area contributed by atoms with E-state index in [4.69, 9.17) is 16.3 Å². The second-order valence-electron chi connectivity index (χ2n) is 13.4. The van der Waals surface area contributed by atoms with Crippen molar-refractivity contribution in [1.29, 1.82) is 0 Å². The van der Waals surface area contributed by atoms with E-state index in [0.717, 1.165) is 54.4 Å². The zero-order valence-corrected chi connectivity index (χ0v) is 29.9. The van der Waals surface area contributed by atoms with Crippen LogP contribution in [0.15, 0.2) is 66.7 Å². The molecule has 3 rings (SSSR count). The highest BCUT2D eigenvalue weighted by atomic mass is 35.5. The van der Waals surface area contributed by atoms with E-state index in [2.05, 4.69) is 17.6 Å². The van der Waals surface area contributed by atoms with Gasteiger partial charge in [0, 0.05) is 13.0 Å². The van der Waals surface area contributed by atoms with Crippen LogP contribution in [0.5, 0.6) is 0 Å². The third-order valence-electron chi connectivity index (χ3n) is 8.18. The molecule has 0 aliphatic heterocycles. The molecular weight excluding hydrogens is 610 g/mol. The number of ether oxygens (including phenoxy) is 1. The Balaban J connectivity index is 2.10. The van der Waals surface area contributed by atoms with Crippen LogP contribution in [0.1, 0.15) is 100 Å². The number of hydrogen-bond acceptors (Lipinski definition) is 4. The number of benzene rings is 3. The molecule has 0 aliphatic carbocycles. The highest BCUT2D eigenvalue weighted by Crippen LogP contribution is 2.31. The number of hydrogen-bond donors (Lipinski definition) is 2. The van der Waals surface area contributed by atoms with E-state index in [0.29, 0.717) is 29.2 Å². The van der Waals surface area contributed by atoms with Gasteiger partial charge in [0.15, 0.2) is 0 Å². The third-order valence-corrected chi connectivity index (χ3v) is 8.50. The molecule has 0 heterocycles. The SMILES string of the molecule is CCCCCCCCN(C(=O)C(Cc1ccccc1)NC(=O)OC(C)(C)C)C(C(=O)Nc1c(C)cccc1Cl)c1ccc(C)c(C)c1. The standard InChI is InChI=1S/C39H52ClN3O4/c1-8-9-10-11-12-16-24-43(37(45)33(26-30-19-14-13-15-20-30)41-38(46)47-39(5,6)7)35(31-23-22-27(2)29(4)25-31)36(44)42-34-28(3)18-17-21-32(34)40/h13-15,17-23,25,33,35H,8-12,16,24,26H2,1-7H3,(H,41,46)(H,42,44). The maximum atomic E-state index is 14.8. The summed E-state index contributed by atoms with van der Waals surface area (Å²) in [5.41, 5.74) is 4.22. The number of unbranched alkanes of at least 4 members (excludes halogenated alkanes) is 5. The van der Waals surface area contributed by atoms with Gasteiger partial charge in [-0.2, -0.15) is 0 Å². The number of nitrogens with zero attached hydrogens (tertiary/aromatic N) is 1. The van der Waals surface area contributed by atoms with Crippen LogP contribution in [0.3, 0.4) is 0 Å². The average molecular weight is 662 g/mol. The molecule has 2 atom stereocenters. The molecule has 7 nitrogen and oxygen atoms in total. The first-order chi connectivity index (χ1) is 22.3. The van der Waals surface area contributed by atoms with Crippen molar-refractivity contribution in [3.63, 3.8) is 0 Å². The maximum Gasteiger partial charge on any atom is 0.408 e. The minimum atomic E-state index is -0.980. The number of amides is 3. The molecule has 0 saturated carbocycles. The molecule has 0 aliphatic rings. The van der Waals surface area contributed by atoms with Gasteiger partial charge in [-0.05, 0) is 81.8 Å². The zero-order valence-electron chi connectivity index (χ0n) is 29.1. The van der Waals surface area contributed by atoms with E-state index >= 15 is 0 Å². The van der Waals surface area contributed by atoms with E-state index in [1.54, 1.807) is 31.7 Å². The topological polar surface area (TPSA) is 87.7 Å². The van der Waals surface area contributed by atoms with Gasteiger partial charge < -0.3 is 20.3 Å². The Bertz CT molecular complexity index is 1470. The lowest BCUT2D eigenvalue weighted by atomic mass is 9.96. The van der Waals surface area contributed by atoms with Crippen LogP contribution in [0.2, 0.25) is 5.02 Å². The van der Waals surface area contributed by atoms with Crippen LogP contribution in [0.25, 0.3) is 0 Å². The summed E-state index contributed by atoms with van der Waals surface area (Å²) in [6, 6.07) is 18.9. The molecule has 8 heteroatoms. The lowest BCUT2D eigenvalue weighted by Gasteiger charge is -2.35. The number of anilines is 1. The quantitative estimate of drug-likeness (QED) is 0.159. The van der Waals surface area contributed by atoms with E-state index in [1.165, 1.54) is 0 Å². The Kier molecular flexibility index (Phi) is 14.3. The molecule has 2 unspecified atom stereocenters. The number of nitrogens with one attached hydrogen (secondary N) is 2. The van der Waals surface area contributed by atoms with Crippen molar-refractivity contribution >= 4 is 35.2 Å². The lowest BCUT2D eigenvalue weighted by Crippen LogP contribution is -2.53. The molecule has 3 amide bonds. The van der Waals surface area contributed by atoms with E-state index in [1.807, 2.05) is 81.4 Å². The van der Waals surface area contributed by atoms with Gasteiger partial charge in [-0.15, -0.1) is 0 Å². The number of carbonyl (C=O) groups is 3. The summed E-state index contributed by atoms with van der Waals surface area (Å²) in [4.78, 5) is 44.0. The maximum absolute atomic E-state index is 14.8. The second-order valence-corrected chi connectivity index (χ2v) is 13.8. The summed E-state index contributed by atoms with van der Waals surface area (Å²) in [6.45, 7) is 13.7. The van der Waals surface area contributed by atoms with Gasteiger partial charge in [-0.3, -0.25) is 9.59 Å². The Hall–Kier alpha value is -3.84. The summed E-state index contributed by atoms with van der Waals surface area (Å²) in [7, 11) is 0. The van der Waals surface area contributed by atoms with Crippen molar-refractivity contribution in [2.24, 2.45) is 0 Å². The molecule has 2 N–H and O–H groups in total. The molecule has 0 saturated heterocycles. The van der Waals surface area contributed by atoms with E-state index in [-0.39, 0.29) is 18.2 Å².